The van der Waals surface area contributed by atoms with Crippen molar-refractivity contribution in [3.8, 4) is 21.8 Å². The fourth-order valence-corrected chi connectivity index (χ4v) is 10.1. The number of rotatable bonds is 10. The molecule has 0 saturated carbocycles. The fourth-order valence-electron chi connectivity index (χ4n) is 9.32. The number of thiazole rings is 1. The number of methoxy groups -OCH3 is 1. The van der Waals surface area contributed by atoms with Crippen LogP contribution in [0.2, 0.25) is 0 Å². The van der Waals surface area contributed by atoms with Crippen LogP contribution in [0.4, 0.5) is 0 Å². The highest BCUT2D eigenvalue weighted by molar-refractivity contribution is 7.13. The van der Waals surface area contributed by atoms with E-state index < -0.39 is 47.2 Å². The van der Waals surface area contributed by atoms with Crippen molar-refractivity contribution in [2.24, 2.45) is 17.3 Å². The monoisotopic (exact) mass is 880 g/mol. The highest BCUT2D eigenvalue weighted by Gasteiger charge is 2.40. The van der Waals surface area contributed by atoms with Crippen LogP contribution in [0.5, 0.6) is 0 Å². The van der Waals surface area contributed by atoms with Gasteiger partial charge in [-0.05, 0) is 80.5 Å². The molecule has 6 bridgehead atoms. The Labute approximate surface area is 373 Å². The number of amides is 4. The van der Waals surface area contributed by atoms with E-state index in [0.29, 0.717) is 57.6 Å². The third-order valence-corrected chi connectivity index (χ3v) is 13.4. The average Bonchev–Trinajstić information content (AvgIpc) is 4.03. The molecule has 2 N–H and O–H groups in total. The first-order chi connectivity index (χ1) is 30.1. The van der Waals surface area contributed by atoms with E-state index in [-0.39, 0.29) is 37.3 Å². The second-order valence-electron chi connectivity index (χ2n) is 18.0. The first-order valence-electron chi connectivity index (χ1n) is 21.9. The van der Waals surface area contributed by atoms with Crippen molar-refractivity contribution in [1.82, 2.24) is 40.1 Å². The maximum atomic E-state index is 14.6. The predicted octanol–water partition coefficient (Wildman–Crippen LogP) is 5.16. The molecule has 0 radical (unpaired) electrons. The molecule has 3 aromatic heterocycles. The molecule has 4 atom stereocenters. The van der Waals surface area contributed by atoms with E-state index in [0.717, 1.165) is 44.0 Å². The van der Waals surface area contributed by atoms with Gasteiger partial charge in [0.05, 0.1) is 36.2 Å². The van der Waals surface area contributed by atoms with Gasteiger partial charge in [-0.15, -0.1) is 11.3 Å². The van der Waals surface area contributed by atoms with E-state index >= 15 is 0 Å². The molecule has 3 aliphatic rings. The lowest BCUT2D eigenvalue weighted by Crippen LogP contribution is -2.62. The third-order valence-electron chi connectivity index (χ3n) is 12.4. The highest BCUT2D eigenvalue weighted by Crippen LogP contribution is 2.41. The molecular formula is C47H60N8O7S. The SMILES string of the molecule is C=CC(=O)N1CC[C@H](C(=O)N(C)C(C(=O)N[C@H]2Cc3csc(n3)-c3ccc4c(c3)c(c(-c3cccnc3COC)n4CC)CC(C)(C)COC(=O)[C@@H]3CCCN(N3)C2=O)C(C)C)C1. The topological polar surface area (TPSA) is 168 Å². The lowest BCUT2D eigenvalue weighted by atomic mass is 9.84. The summed E-state index contributed by atoms with van der Waals surface area (Å²) in [5.41, 5.74) is 9.14. The summed E-state index contributed by atoms with van der Waals surface area (Å²) in [6, 6.07) is 7.60. The summed E-state index contributed by atoms with van der Waals surface area (Å²) in [4.78, 5) is 81.7. The van der Waals surface area contributed by atoms with Crippen LogP contribution in [0, 0.1) is 17.3 Å². The van der Waals surface area contributed by atoms with Crippen LogP contribution >= 0.6 is 11.3 Å². The first-order valence-corrected chi connectivity index (χ1v) is 22.8. The van der Waals surface area contributed by atoms with Crippen molar-refractivity contribution in [3.63, 3.8) is 0 Å². The Morgan fingerprint density at radius 2 is 1.97 bits per heavy atom. The summed E-state index contributed by atoms with van der Waals surface area (Å²) < 4.78 is 14.0. The van der Waals surface area contributed by atoms with Gasteiger partial charge in [-0.25, -0.2) is 10.4 Å². The number of aromatic nitrogens is 3. The van der Waals surface area contributed by atoms with E-state index in [2.05, 4.69) is 66.9 Å². The number of fused-ring (bicyclic) bond motifs is 6. The van der Waals surface area contributed by atoms with Crippen LogP contribution in [-0.2, 0) is 59.4 Å². The number of cyclic esters (lactones) is 1. The molecule has 2 fully saturated rings. The Kier molecular flexibility index (Phi) is 13.8. The zero-order chi connectivity index (χ0) is 45.2. The lowest BCUT2D eigenvalue weighted by molar-refractivity contribution is -0.155. The van der Waals surface area contributed by atoms with Crippen molar-refractivity contribution in [3.05, 3.63) is 71.5 Å². The van der Waals surface area contributed by atoms with E-state index in [1.54, 1.807) is 25.3 Å². The number of nitrogens with zero attached hydrogens (tertiary/aromatic N) is 6. The van der Waals surface area contributed by atoms with Crippen LogP contribution in [0.3, 0.4) is 0 Å². The predicted molar refractivity (Wildman–Crippen MR) is 241 cm³/mol. The van der Waals surface area contributed by atoms with Crippen LogP contribution in [0.1, 0.15) is 70.8 Å². The van der Waals surface area contributed by atoms with Gasteiger partial charge < -0.3 is 29.2 Å². The van der Waals surface area contributed by atoms with Crippen LogP contribution in [-0.4, -0.2) is 117 Å². The number of esters is 1. The average molecular weight is 881 g/mol. The number of ether oxygens (including phenoxy) is 2. The van der Waals surface area contributed by atoms with E-state index in [4.69, 9.17) is 19.4 Å². The molecule has 336 valence electrons. The van der Waals surface area contributed by atoms with Crippen molar-refractivity contribution >= 4 is 51.8 Å². The van der Waals surface area contributed by atoms with Gasteiger partial charge >= 0.3 is 5.97 Å². The van der Waals surface area contributed by atoms with Gasteiger partial charge in [0, 0.05) is 85.8 Å². The van der Waals surface area contributed by atoms with Gasteiger partial charge in [0.15, 0.2) is 0 Å². The molecule has 3 aliphatic heterocycles. The molecule has 1 unspecified atom stereocenters. The van der Waals surface area contributed by atoms with Gasteiger partial charge in [-0.2, -0.15) is 0 Å². The van der Waals surface area contributed by atoms with Gasteiger partial charge in [0.25, 0.3) is 5.91 Å². The van der Waals surface area contributed by atoms with Crippen molar-refractivity contribution < 1.29 is 33.4 Å². The number of hydrazine groups is 1. The van der Waals surface area contributed by atoms with E-state index in [1.165, 1.54) is 27.3 Å². The Hall–Kier alpha value is -5.45. The number of carbonyl (C=O) groups excluding carboxylic acids is 5. The molecule has 2 saturated heterocycles. The van der Waals surface area contributed by atoms with Crippen LogP contribution < -0.4 is 10.7 Å². The number of hydrogen-bond acceptors (Lipinski definition) is 11. The normalized spacial score (nSPS) is 20.9. The minimum absolute atomic E-state index is 0.0689. The second-order valence-corrected chi connectivity index (χ2v) is 18.9. The Balaban J connectivity index is 1.26. The molecule has 15 nitrogen and oxygen atoms in total. The number of carbonyl (C=O) groups is 5. The molecule has 4 aromatic rings. The number of likely N-dealkylation sites (N-methyl/N-ethyl adjacent to an activating group) is 1. The maximum Gasteiger partial charge on any atom is 0.324 e. The fraction of sp³-hybridized carbons (Fsp3) is 0.511. The van der Waals surface area contributed by atoms with E-state index in [9.17, 15) is 24.0 Å². The summed E-state index contributed by atoms with van der Waals surface area (Å²) >= 11 is 1.46. The Morgan fingerprint density at radius 1 is 1.17 bits per heavy atom. The number of pyridine rings is 1. The van der Waals surface area contributed by atoms with Crippen molar-refractivity contribution in [2.45, 2.75) is 98.0 Å². The largest absolute Gasteiger partial charge is 0.464 e. The summed E-state index contributed by atoms with van der Waals surface area (Å²) in [7, 11) is 3.26. The Bertz CT molecular complexity index is 2390. The number of benzene rings is 1. The summed E-state index contributed by atoms with van der Waals surface area (Å²) in [5, 5.41) is 8.15. The third kappa shape index (κ3) is 9.58. The summed E-state index contributed by atoms with van der Waals surface area (Å²) in [6.45, 7) is 15.7. The first kappa shape index (κ1) is 45.6. The number of nitrogens with one attached hydrogen (secondary N) is 2. The highest BCUT2D eigenvalue weighted by atomic mass is 32.1. The molecular weight excluding hydrogens is 821 g/mol. The van der Waals surface area contributed by atoms with E-state index in [1.807, 2.05) is 25.3 Å². The zero-order valence-electron chi connectivity index (χ0n) is 37.4. The zero-order valence-corrected chi connectivity index (χ0v) is 38.3. The standard InChI is InChI=1S/C47H60N8O7S/c1-9-39(56)53-20-17-30(24-53)44(58)52(7)40(28(3)4)42(57)50-36-22-31-26-63-43(49-31)29-15-16-38-33(21-29)34(41(54(38)10-2)32-13-11-18-48-37(32)25-61-8)23-47(5,6)27-62-46(60)35-14-12-19-55(51-35)45(36)59/h9,11,13,15-16,18,21,26,28,30,35-36,40,51H,1,10,12,14,17,19-20,22-25,27H2,2-8H3,(H,50,57)/t30-,35-,36-,40?/m0/s1. The molecule has 63 heavy (non-hydrogen) atoms. The Morgan fingerprint density at radius 3 is 2.70 bits per heavy atom. The molecule has 1 aromatic carbocycles. The van der Waals surface area contributed by atoms with Gasteiger partial charge in [0.2, 0.25) is 17.7 Å². The number of likely N-dealkylation sites (tertiary alicyclic amines) is 1. The van der Waals surface area contributed by atoms with Crippen LogP contribution in [0.15, 0.2) is 54.6 Å². The summed E-state index contributed by atoms with van der Waals surface area (Å²) in [6.07, 6.45) is 5.15. The van der Waals surface area contributed by atoms with Gasteiger partial charge in [0.1, 0.15) is 23.1 Å². The minimum Gasteiger partial charge on any atom is -0.464 e. The number of hydrogen-bond donors (Lipinski definition) is 2. The molecule has 6 heterocycles. The minimum atomic E-state index is -1.08. The second kappa shape index (κ2) is 19.1. The molecule has 0 spiro atoms. The molecule has 16 heteroatoms. The molecule has 0 aliphatic carbocycles. The smallest absolute Gasteiger partial charge is 0.324 e. The van der Waals surface area contributed by atoms with Crippen LogP contribution in [0.25, 0.3) is 32.7 Å². The molecule has 7 rings (SSSR count). The van der Waals surface area contributed by atoms with Crippen molar-refractivity contribution in [2.75, 3.05) is 40.4 Å². The number of aryl methyl sites for hydroxylation is 1. The summed E-state index contributed by atoms with van der Waals surface area (Å²) in [5.74, 6) is -2.63. The molecule has 4 amide bonds. The quantitative estimate of drug-likeness (QED) is 0.161. The lowest BCUT2D eigenvalue weighted by Gasteiger charge is -2.37. The maximum absolute atomic E-state index is 14.6. The van der Waals surface area contributed by atoms with Gasteiger partial charge in [-0.3, -0.25) is 34.0 Å². The van der Waals surface area contributed by atoms with Crippen molar-refractivity contribution in [1.29, 1.82) is 0 Å². The van der Waals surface area contributed by atoms with Gasteiger partial charge in [-0.1, -0.05) is 34.3 Å².